The SMILES string of the molecule is CC(C)(C)c1cc(-c2ccc(N3c4ccc(-c5cc(C(C)(C)C)cc(C(C)(C)C)c5)cc4B4c5cc(-c6cc(C(C)(C)C)cc(C(C)(C)C)c6)ccc5N(c5ccc(-c6cc(C(C)(C)C)cc(C(C)(C)C)c6)cc5)c5cc(-n6c7ccc(C(C)(C)C)cc7c7cc(C(C)(C)C)ccc76)cc3c54)cc2)cc(C(C)(C)C)c1. The Morgan fingerprint density at radius 2 is 0.436 bits per heavy atom. The fourth-order valence-corrected chi connectivity index (χ4v) is 16.5. The highest BCUT2D eigenvalue weighted by molar-refractivity contribution is 7.00. The number of aromatic nitrogens is 1. The van der Waals surface area contributed by atoms with Gasteiger partial charge in [0.15, 0.2) is 0 Å². The van der Waals surface area contributed by atoms with Gasteiger partial charge in [0.1, 0.15) is 0 Å². The van der Waals surface area contributed by atoms with E-state index in [0.717, 1.165) is 28.4 Å². The molecule has 0 atom stereocenters. The van der Waals surface area contributed by atoms with Crippen LogP contribution in [0.3, 0.4) is 0 Å². The standard InChI is InChI=1S/C106H124BN3/c1-97(2,3)73-37-45-90-86(61-73)87-62-74(98(4,5)6)38-46-91(87)110(90)85-63-94-96-95(64-85)109(84-41-33-66(34-42-84)70-49-77(101(13,14)15)58-78(50-70)102(16,17)18)93-44-36-68(72-53-81(105(25,26)27)60-82(54-72)106(28,29)30)56-89(93)107(96)88-55-67(71-51-79(103(19,20)21)59-80(52-71)104(22,23)24)35-43-92(88)108(94)83-39-31-65(32-40-83)69-47-75(99(7,8)9)57-76(48-69)100(10,11)12/h31-64H,1-30H3. The van der Waals surface area contributed by atoms with Gasteiger partial charge in [-0.3, -0.25) is 0 Å². The van der Waals surface area contributed by atoms with Gasteiger partial charge < -0.3 is 14.4 Å². The Labute approximate surface area is 663 Å². The molecule has 0 saturated carbocycles. The van der Waals surface area contributed by atoms with Gasteiger partial charge in [0, 0.05) is 44.9 Å². The van der Waals surface area contributed by atoms with Gasteiger partial charge in [-0.25, -0.2) is 0 Å². The minimum absolute atomic E-state index is 0.0369. The molecule has 566 valence electrons. The molecule has 0 fully saturated rings. The van der Waals surface area contributed by atoms with Gasteiger partial charge in [0.25, 0.3) is 6.71 Å². The van der Waals surface area contributed by atoms with E-state index in [1.54, 1.807) is 0 Å². The minimum Gasteiger partial charge on any atom is -0.311 e. The molecular weight excluding hydrogens is 1330 g/mol. The molecule has 0 amide bonds. The molecule has 12 aromatic rings. The van der Waals surface area contributed by atoms with Crippen LogP contribution in [0.5, 0.6) is 0 Å². The van der Waals surface area contributed by atoms with E-state index in [9.17, 15) is 0 Å². The zero-order valence-electron chi connectivity index (χ0n) is 72.5. The predicted molar refractivity (Wildman–Crippen MR) is 484 cm³/mol. The number of hydrogen-bond acceptors (Lipinski definition) is 2. The Hall–Kier alpha value is -9.12. The second-order valence-corrected chi connectivity index (χ2v) is 43.1. The van der Waals surface area contributed by atoms with E-state index in [4.69, 9.17) is 0 Å². The van der Waals surface area contributed by atoms with E-state index < -0.39 is 0 Å². The van der Waals surface area contributed by atoms with Crippen molar-refractivity contribution in [3.05, 3.63) is 262 Å². The highest BCUT2D eigenvalue weighted by Gasteiger charge is 2.45. The zero-order valence-corrected chi connectivity index (χ0v) is 72.5. The van der Waals surface area contributed by atoms with Crippen LogP contribution in [-0.4, -0.2) is 11.3 Å². The summed E-state index contributed by atoms with van der Waals surface area (Å²) in [6, 6.07) is 83.5. The van der Waals surface area contributed by atoms with E-state index >= 15 is 0 Å². The third kappa shape index (κ3) is 14.6. The van der Waals surface area contributed by atoms with E-state index in [1.165, 1.54) is 150 Å². The summed E-state index contributed by atoms with van der Waals surface area (Å²) in [5.74, 6) is 0. The lowest BCUT2D eigenvalue weighted by Crippen LogP contribution is -2.61. The maximum absolute atomic E-state index is 2.65. The molecule has 1 aromatic heterocycles. The van der Waals surface area contributed by atoms with E-state index in [0.29, 0.717) is 0 Å². The van der Waals surface area contributed by atoms with E-state index in [2.05, 4.69) is 428 Å². The van der Waals surface area contributed by atoms with Gasteiger partial charge in [-0.15, -0.1) is 0 Å². The monoisotopic (exact) mass is 1450 g/mol. The molecule has 3 nitrogen and oxygen atoms in total. The van der Waals surface area contributed by atoms with Crippen molar-refractivity contribution >= 4 is 79.0 Å². The summed E-state index contributed by atoms with van der Waals surface area (Å²) in [5, 5.41) is 2.54. The highest BCUT2D eigenvalue weighted by Crippen LogP contribution is 2.50. The van der Waals surface area contributed by atoms with Crippen LogP contribution in [0.4, 0.5) is 34.1 Å². The molecule has 2 aliphatic rings. The second-order valence-electron chi connectivity index (χ2n) is 43.1. The fraction of sp³-hybridized carbons (Fsp3) is 0.377. The molecule has 2 aliphatic heterocycles. The van der Waals surface area contributed by atoms with Crippen molar-refractivity contribution in [2.24, 2.45) is 0 Å². The summed E-state index contributed by atoms with van der Waals surface area (Å²) in [6.07, 6.45) is 0. The van der Waals surface area contributed by atoms with E-state index in [-0.39, 0.29) is 60.9 Å². The van der Waals surface area contributed by atoms with Crippen molar-refractivity contribution < 1.29 is 0 Å². The fourth-order valence-electron chi connectivity index (χ4n) is 16.5. The van der Waals surface area contributed by atoms with Crippen LogP contribution in [-0.2, 0) is 54.1 Å². The maximum Gasteiger partial charge on any atom is 0.252 e. The number of rotatable bonds is 7. The van der Waals surface area contributed by atoms with Crippen LogP contribution in [0.2, 0.25) is 0 Å². The minimum atomic E-state index is -0.209. The lowest BCUT2D eigenvalue weighted by molar-refractivity contribution is 0.568. The number of anilines is 6. The third-order valence-corrected chi connectivity index (χ3v) is 24.1. The Bertz CT molecular complexity index is 5140. The summed E-state index contributed by atoms with van der Waals surface area (Å²) in [4.78, 5) is 5.30. The normalized spacial score (nSPS) is 14.0. The van der Waals surface area contributed by atoms with Crippen molar-refractivity contribution in [1.29, 1.82) is 0 Å². The Morgan fingerprint density at radius 1 is 0.191 bits per heavy atom. The first-order valence-corrected chi connectivity index (χ1v) is 40.8. The number of fused-ring (bicyclic) bond motifs is 7. The lowest BCUT2D eigenvalue weighted by atomic mass is 9.33. The summed E-state index contributed by atoms with van der Waals surface area (Å²) >= 11 is 0. The Kier molecular flexibility index (Phi) is 18.5. The molecule has 11 aromatic carbocycles. The van der Waals surface area contributed by atoms with Gasteiger partial charge >= 0.3 is 0 Å². The molecule has 3 heterocycles. The van der Waals surface area contributed by atoms with Crippen LogP contribution in [0.1, 0.15) is 263 Å². The van der Waals surface area contributed by atoms with Crippen molar-refractivity contribution in [2.45, 2.75) is 262 Å². The predicted octanol–water partition coefficient (Wildman–Crippen LogP) is 28.5. The van der Waals surface area contributed by atoms with Gasteiger partial charge in [-0.05, 0) is 243 Å². The van der Waals surface area contributed by atoms with Crippen LogP contribution in [0.25, 0.3) is 72.0 Å². The van der Waals surface area contributed by atoms with Gasteiger partial charge in [-0.1, -0.05) is 341 Å². The number of hydrogen-bond donors (Lipinski definition) is 0. The molecule has 14 rings (SSSR count). The van der Waals surface area contributed by atoms with Crippen molar-refractivity contribution in [2.75, 3.05) is 9.80 Å². The second kappa shape index (κ2) is 26.3. The smallest absolute Gasteiger partial charge is 0.252 e. The largest absolute Gasteiger partial charge is 0.311 e. The first-order chi connectivity index (χ1) is 50.8. The summed E-state index contributed by atoms with van der Waals surface area (Å²) in [6.45, 7) is 70.4. The first kappa shape index (κ1) is 77.6. The maximum atomic E-state index is 2.65. The Morgan fingerprint density at radius 3 is 0.691 bits per heavy atom. The van der Waals surface area contributed by atoms with Crippen LogP contribution >= 0.6 is 0 Å². The molecule has 4 heteroatoms. The topological polar surface area (TPSA) is 11.4 Å². The number of nitrogens with zero attached hydrogens (tertiary/aromatic N) is 3. The first-order valence-electron chi connectivity index (χ1n) is 40.8. The molecule has 0 aliphatic carbocycles. The van der Waals surface area contributed by atoms with Gasteiger partial charge in [0.2, 0.25) is 0 Å². The quantitative estimate of drug-likeness (QED) is 0.147. The van der Waals surface area contributed by atoms with Gasteiger partial charge in [-0.2, -0.15) is 0 Å². The third-order valence-electron chi connectivity index (χ3n) is 24.1. The van der Waals surface area contributed by atoms with E-state index in [1.807, 2.05) is 0 Å². The molecule has 0 radical (unpaired) electrons. The Balaban J connectivity index is 1.13. The molecule has 110 heavy (non-hydrogen) atoms. The molecule has 0 N–H and O–H groups in total. The van der Waals surface area contributed by atoms with Crippen molar-refractivity contribution in [3.63, 3.8) is 0 Å². The van der Waals surface area contributed by atoms with Gasteiger partial charge in [0.05, 0.1) is 16.7 Å². The molecule has 0 unspecified atom stereocenters. The number of benzene rings is 11. The average Bonchev–Trinajstić information content (AvgIpc) is 0.933. The van der Waals surface area contributed by atoms with Crippen molar-refractivity contribution in [3.8, 4) is 50.2 Å². The van der Waals surface area contributed by atoms with Crippen molar-refractivity contribution in [1.82, 2.24) is 4.57 Å². The highest BCUT2D eigenvalue weighted by atomic mass is 15.2. The summed E-state index contributed by atoms with van der Waals surface area (Å²) in [5.41, 5.74) is 36.8. The molecule has 0 spiro atoms. The molecule has 0 saturated heterocycles. The zero-order chi connectivity index (χ0) is 79.8. The molecular formula is C106H124BN3. The lowest BCUT2D eigenvalue weighted by Gasteiger charge is -2.45. The summed E-state index contributed by atoms with van der Waals surface area (Å²) in [7, 11) is 0. The van der Waals surface area contributed by atoms with Crippen LogP contribution in [0.15, 0.2) is 206 Å². The average molecular weight is 1450 g/mol. The van der Waals surface area contributed by atoms with Crippen LogP contribution in [0, 0.1) is 0 Å². The van der Waals surface area contributed by atoms with Crippen LogP contribution < -0.4 is 26.2 Å². The summed E-state index contributed by atoms with van der Waals surface area (Å²) < 4.78 is 2.60. The molecule has 0 bridgehead atoms.